The van der Waals surface area contributed by atoms with Crippen LogP contribution in [0.4, 0.5) is 0 Å². The van der Waals surface area contributed by atoms with Crippen molar-refractivity contribution in [3.8, 4) is 6.07 Å². The van der Waals surface area contributed by atoms with Gasteiger partial charge in [0, 0.05) is 0 Å². The number of aliphatic hydroxyl groups is 1. The zero-order chi connectivity index (χ0) is 8.97. The Balaban J connectivity index is 3.17. The molecule has 0 saturated carbocycles. The summed E-state index contributed by atoms with van der Waals surface area (Å²) in [4.78, 5) is 0. The van der Waals surface area contributed by atoms with Crippen LogP contribution in [0.25, 0.3) is 5.57 Å². The number of hydrogen-bond donors (Lipinski definition) is 1. The summed E-state index contributed by atoms with van der Waals surface area (Å²) in [7, 11) is 0. The van der Waals surface area contributed by atoms with Gasteiger partial charge in [-0.25, -0.2) is 0 Å². The maximum atomic E-state index is 9.18. The molecule has 0 fully saturated rings. The van der Waals surface area contributed by atoms with E-state index in [2.05, 4.69) is 0 Å². The molecular weight excluding hydrogens is 161 g/mol. The van der Waals surface area contributed by atoms with Gasteiger partial charge in [0.05, 0.1) is 0 Å². The number of aliphatic hydroxyl groups excluding tert-OH is 1. The van der Waals surface area contributed by atoms with E-state index in [1.165, 1.54) is 0 Å². The van der Waals surface area contributed by atoms with Crippen LogP contribution in [0.1, 0.15) is 5.56 Å². The van der Waals surface area contributed by atoms with Crippen LogP contribution in [0.5, 0.6) is 0 Å². The van der Waals surface area contributed by atoms with E-state index in [0.29, 0.717) is 33.5 Å². The van der Waals surface area contributed by atoms with Crippen LogP contribution in [-0.2, 0) is 0 Å². The molecule has 3 heteroatoms. The Labute approximate surface area is 88.6 Å². The predicted molar refractivity (Wildman–Crippen MR) is 47.4 cm³/mol. The van der Waals surface area contributed by atoms with E-state index in [-0.39, 0.29) is 3.01 Å². The summed E-state index contributed by atoms with van der Waals surface area (Å²) < 4.78 is 0.198. The maximum absolute atomic E-state index is 9.18. The summed E-state index contributed by atoms with van der Waals surface area (Å²) in [6, 6.07) is 11.2. The van der Waals surface area contributed by atoms with Gasteiger partial charge in [0.15, 0.2) is 0 Å². The third-order valence-electron chi connectivity index (χ3n) is 1.54. The van der Waals surface area contributed by atoms with Crippen molar-refractivity contribution in [2.24, 2.45) is 0 Å². The molecule has 0 aliphatic heterocycles. The van der Waals surface area contributed by atoms with Crippen molar-refractivity contribution in [1.29, 1.82) is 5.26 Å². The Morgan fingerprint density at radius 1 is 1.33 bits per heavy atom. The molecule has 2 nitrogen and oxygen atoms in total. The molecule has 1 aromatic carbocycles. The average molecular weight is 167 g/mol. The monoisotopic (exact) mass is 167 g/mol. The van der Waals surface area contributed by atoms with E-state index in [0.717, 1.165) is 5.56 Å². The second-order valence-electron chi connectivity index (χ2n) is 2.44. The molecule has 1 aromatic rings. The number of hydrogen-bond acceptors (Lipinski definition) is 2. The Morgan fingerprint density at radius 3 is 2.33 bits per heavy atom. The van der Waals surface area contributed by atoms with Gasteiger partial charge in [-0.15, -0.1) is 0 Å². The van der Waals surface area contributed by atoms with Crippen molar-refractivity contribution in [3.63, 3.8) is 0 Å². The van der Waals surface area contributed by atoms with Gasteiger partial charge in [0.2, 0.25) is 0 Å². The van der Waals surface area contributed by atoms with E-state index in [9.17, 15) is 5.11 Å². The molecule has 0 aliphatic carbocycles. The van der Waals surface area contributed by atoms with Crippen LogP contribution in [0.2, 0.25) is 0 Å². The fraction of sp³-hybridized carbons (Fsp3) is 0. The molecular formula is C9H6NNaO. The Hall–Kier alpha value is -0.750. The van der Waals surface area contributed by atoms with Gasteiger partial charge in [-0.2, -0.15) is 0 Å². The second-order valence-corrected chi connectivity index (χ2v) is 3.39. The van der Waals surface area contributed by atoms with E-state index < -0.39 is 0 Å². The van der Waals surface area contributed by atoms with Crippen LogP contribution in [0, 0.1) is 11.3 Å². The van der Waals surface area contributed by atoms with E-state index >= 15 is 0 Å². The molecule has 0 spiro atoms. The van der Waals surface area contributed by atoms with Crippen molar-refractivity contribution in [2.45, 2.75) is 0 Å². The van der Waals surface area contributed by atoms with Crippen molar-refractivity contribution >= 4 is 33.5 Å². The van der Waals surface area contributed by atoms with Crippen molar-refractivity contribution < 1.29 is 5.11 Å². The van der Waals surface area contributed by atoms with Crippen LogP contribution in [0.3, 0.4) is 0 Å². The first-order valence-electron chi connectivity index (χ1n) is 3.61. The molecule has 0 aromatic heterocycles. The minimum absolute atomic E-state index is 0.198. The number of benzene rings is 1. The number of nitriles is 1. The molecule has 0 aliphatic rings. The topological polar surface area (TPSA) is 44.0 Å². The molecule has 0 heterocycles. The van der Waals surface area contributed by atoms with Gasteiger partial charge in [0.25, 0.3) is 0 Å². The molecule has 0 radical (unpaired) electrons. The fourth-order valence-corrected chi connectivity index (χ4v) is 1.36. The quantitative estimate of drug-likeness (QED) is 0.392. The van der Waals surface area contributed by atoms with Gasteiger partial charge in [0.1, 0.15) is 0 Å². The predicted octanol–water partition coefficient (Wildman–Crippen LogP) is 1.61. The normalized spacial score (nSPS) is 11.8. The summed E-state index contributed by atoms with van der Waals surface area (Å²) in [5.74, 6) is 0. The molecule has 0 unspecified atom stereocenters. The van der Waals surface area contributed by atoms with Gasteiger partial charge in [-0.3, -0.25) is 0 Å². The fourth-order valence-electron chi connectivity index (χ4n) is 0.959. The second kappa shape index (κ2) is 4.32. The van der Waals surface area contributed by atoms with Gasteiger partial charge in [-0.05, 0) is 0 Å². The average Bonchev–Trinajstić information content (AvgIpc) is 2.07. The van der Waals surface area contributed by atoms with E-state index in [1.54, 1.807) is 0 Å². The van der Waals surface area contributed by atoms with Crippen LogP contribution >= 0.6 is 0 Å². The Bertz CT molecular complexity index is 333. The summed E-state index contributed by atoms with van der Waals surface area (Å²) in [6.45, 7) is 0. The van der Waals surface area contributed by atoms with E-state index in [1.807, 2.05) is 36.4 Å². The number of rotatable bonds is 1. The zero-order valence-corrected chi connectivity index (χ0v) is 8.78. The number of allylic oxidation sites excluding steroid dienone is 1. The van der Waals surface area contributed by atoms with Crippen LogP contribution in [-0.4, -0.2) is 33.0 Å². The summed E-state index contributed by atoms with van der Waals surface area (Å²) in [6.07, 6.45) is 0. The first kappa shape index (κ1) is 9.34. The molecule has 12 heavy (non-hydrogen) atoms. The van der Waals surface area contributed by atoms with Crippen LogP contribution < -0.4 is 0 Å². The molecule has 0 bridgehead atoms. The van der Waals surface area contributed by atoms with Gasteiger partial charge >= 0.3 is 88.8 Å². The third kappa shape index (κ3) is 2.12. The third-order valence-corrected chi connectivity index (χ3v) is 2.04. The van der Waals surface area contributed by atoms with Crippen molar-refractivity contribution in [2.75, 3.05) is 0 Å². The number of nitrogens with zero attached hydrogens (tertiary/aromatic N) is 1. The van der Waals surface area contributed by atoms with Crippen molar-refractivity contribution in [1.82, 2.24) is 0 Å². The Kier molecular flexibility index (Phi) is 3.36. The molecule has 54 valence electrons. The summed E-state index contributed by atoms with van der Waals surface area (Å²) in [5, 5.41) is 17.9. The SMILES string of the molecule is N#CC(=[C](O)[Na])c1ccccc1. The van der Waals surface area contributed by atoms with Crippen LogP contribution in [0.15, 0.2) is 33.3 Å². The van der Waals surface area contributed by atoms with Crippen molar-refractivity contribution in [3.05, 3.63) is 38.9 Å². The first-order chi connectivity index (χ1) is 5.75. The standard InChI is InChI=1S/C9H6NO.Na/c10-6-9(7-11)8-4-2-1-3-5-8;/h1-5,11H;. The molecule has 0 atom stereocenters. The molecule has 0 amide bonds. The minimum atomic E-state index is 0.198. The molecule has 1 N–H and O–H groups in total. The van der Waals surface area contributed by atoms with Gasteiger partial charge < -0.3 is 0 Å². The summed E-state index contributed by atoms with van der Waals surface area (Å²) >= 11 is 0.509. The molecule has 0 saturated heterocycles. The zero-order valence-electron chi connectivity index (χ0n) is 6.78. The molecule has 1 rings (SSSR count). The first-order valence-corrected chi connectivity index (χ1v) is 4.61. The summed E-state index contributed by atoms with van der Waals surface area (Å²) in [5.41, 5.74) is 1.18. The van der Waals surface area contributed by atoms with Gasteiger partial charge in [-0.1, -0.05) is 0 Å². The Morgan fingerprint density at radius 2 is 1.92 bits per heavy atom. The van der Waals surface area contributed by atoms with E-state index in [4.69, 9.17) is 5.26 Å².